The van der Waals surface area contributed by atoms with E-state index < -0.39 is 5.60 Å². The summed E-state index contributed by atoms with van der Waals surface area (Å²) < 4.78 is 0. The molecule has 1 amide bonds. The van der Waals surface area contributed by atoms with E-state index in [-0.39, 0.29) is 5.91 Å². The van der Waals surface area contributed by atoms with Crippen molar-refractivity contribution in [2.45, 2.75) is 19.4 Å². The van der Waals surface area contributed by atoms with E-state index in [4.69, 9.17) is 0 Å². The van der Waals surface area contributed by atoms with Gasteiger partial charge in [-0.15, -0.1) is 0 Å². The Morgan fingerprint density at radius 3 is 2.61 bits per heavy atom. The topological polar surface area (TPSA) is 72.5 Å². The van der Waals surface area contributed by atoms with Crippen LogP contribution in [0, 0.1) is 0 Å². The zero-order valence-corrected chi connectivity index (χ0v) is 10.9. The molecule has 1 aliphatic heterocycles. The third-order valence-corrected chi connectivity index (χ3v) is 3.00. The average molecular weight is 252 g/mol. The maximum absolute atomic E-state index is 12.0. The lowest BCUT2D eigenvalue weighted by Gasteiger charge is -2.37. The van der Waals surface area contributed by atoms with Gasteiger partial charge in [-0.1, -0.05) is 0 Å². The van der Waals surface area contributed by atoms with Gasteiger partial charge in [0.05, 0.1) is 5.60 Å². The Hall–Kier alpha value is -1.40. The molecule has 1 saturated heterocycles. The molecular weight excluding hydrogens is 232 g/mol. The van der Waals surface area contributed by atoms with Gasteiger partial charge in [0.2, 0.25) is 0 Å². The molecule has 0 spiro atoms. The molecule has 0 aromatic carbocycles. The van der Waals surface area contributed by atoms with Gasteiger partial charge in [0, 0.05) is 38.9 Å². The largest absolute Gasteiger partial charge is 0.389 e. The van der Waals surface area contributed by atoms with Crippen LogP contribution in [0.25, 0.3) is 0 Å². The Kier molecular flexibility index (Phi) is 3.68. The standard InChI is InChI=1S/C12H20N4O2/c1-12(2,18)9-15-5-7-16(8-6-15)11(17)10-3-4-13-14-10/h3-4,18H,5-9H2,1-2H3,(H,13,14). The summed E-state index contributed by atoms with van der Waals surface area (Å²) in [5, 5.41) is 16.2. The molecule has 2 heterocycles. The third kappa shape index (κ3) is 3.30. The van der Waals surface area contributed by atoms with Crippen LogP contribution in [0.15, 0.2) is 12.3 Å². The third-order valence-electron chi connectivity index (χ3n) is 3.00. The van der Waals surface area contributed by atoms with Crippen molar-refractivity contribution in [2.24, 2.45) is 0 Å². The van der Waals surface area contributed by atoms with Gasteiger partial charge in [0.15, 0.2) is 0 Å². The highest BCUT2D eigenvalue weighted by molar-refractivity contribution is 5.92. The first-order chi connectivity index (χ1) is 8.46. The molecule has 2 N–H and O–H groups in total. The van der Waals surface area contributed by atoms with Crippen LogP contribution in [0.2, 0.25) is 0 Å². The highest BCUT2D eigenvalue weighted by Gasteiger charge is 2.25. The number of aromatic amines is 1. The minimum absolute atomic E-state index is 0.00425. The summed E-state index contributed by atoms with van der Waals surface area (Å²) >= 11 is 0. The molecule has 1 aliphatic rings. The minimum Gasteiger partial charge on any atom is -0.389 e. The summed E-state index contributed by atoms with van der Waals surface area (Å²) in [6.45, 7) is 7.21. The predicted molar refractivity (Wildman–Crippen MR) is 67.2 cm³/mol. The van der Waals surface area contributed by atoms with Crippen molar-refractivity contribution in [3.8, 4) is 0 Å². The summed E-state index contributed by atoms with van der Waals surface area (Å²) in [7, 11) is 0. The first-order valence-corrected chi connectivity index (χ1v) is 6.19. The van der Waals surface area contributed by atoms with E-state index in [1.54, 1.807) is 26.1 Å². The summed E-state index contributed by atoms with van der Waals surface area (Å²) in [5.41, 5.74) is -0.152. The van der Waals surface area contributed by atoms with Crippen molar-refractivity contribution in [2.75, 3.05) is 32.7 Å². The predicted octanol–water partition coefficient (Wildman–Crippen LogP) is -0.0616. The Bertz CT molecular complexity index is 389. The minimum atomic E-state index is -0.685. The number of aliphatic hydroxyl groups is 1. The molecular formula is C12H20N4O2. The van der Waals surface area contributed by atoms with Gasteiger partial charge < -0.3 is 10.0 Å². The fourth-order valence-electron chi connectivity index (χ4n) is 2.20. The summed E-state index contributed by atoms with van der Waals surface area (Å²) in [6, 6.07) is 1.69. The van der Waals surface area contributed by atoms with Crippen LogP contribution < -0.4 is 0 Å². The average Bonchev–Trinajstić information content (AvgIpc) is 2.80. The second-order valence-corrected chi connectivity index (χ2v) is 5.35. The molecule has 1 aromatic rings. The zero-order valence-electron chi connectivity index (χ0n) is 10.9. The van der Waals surface area contributed by atoms with E-state index in [0.717, 1.165) is 13.1 Å². The lowest BCUT2D eigenvalue weighted by atomic mass is 10.1. The molecule has 18 heavy (non-hydrogen) atoms. The van der Waals surface area contributed by atoms with Crippen molar-refractivity contribution in [3.05, 3.63) is 18.0 Å². The number of piperazine rings is 1. The molecule has 0 bridgehead atoms. The molecule has 6 nitrogen and oxygen atoms in total. The van der Waals surface area contributed by atoms with E-state index in [2.05, 4.69) is 15.1 Å². The number of aromatic nitrogens is 2. The number of H-pyrrole nitrogens is 1. The smallest absolute Gasteiger partial charge is 0.271 e. The molecule has 6 heteroatoms. The van der Waals surface area contributed by atoms with Gasteiger partial charge in [-0.2, -0.15) is 5.10 Å². The van der Waals surface area contributed by atoms with E-state index in [9.17, 15) is 9.90 Å². The van der Waals surface area contributed by atoms with E-state index >= 15 is 0 Å². The van der Waals surface area contributed by atoms with Crippen molar-refractivity contribution in [1.82, 2.24) is 20.0 Å². The Labute approximate surface area is 107 Å². The fraction of sp³-hybridized carbons (Fsp3) is 0.667. The summed E-state index contributed by atoms with van der Waals surface area (Å²) in [6.07, 6.45) is 1.58. The Morgan fingerprint density at radius 2 is 2.11 bits per heavy atom. The van der Waals surface area contributed by atoms with Crippen molar-refractivity contribution in [3.63, 3.8) is 0 Å². The van der Waals surface area contributed by atoms with Crippen LogP contribution in [0.3, 0.4) is 0 Å². The van der Waals surface area contributed by atoms with Crippen LogP contribution in [0.1, 0.15) is 24.3 Å². The molecule has 100 valence electrons. The van der Waals surface area contributed by atoms with Crippen molar-refractivity contribution >= 4 is 5.91 Å². The lowest BCUT2D eigenvalue weighted by Crippen LogP contribution is -2.52. The molecule has 1 fully saturated rings. The number of β-amino-alcohol motifs (C(OH)–C–C–N with tert-alkyl or cyclic N) is 1. The molecule has 0 aliphatic carbocycles. The second-order valence-electron chi connectivity index (χ2n) is 5.35. The van der Waals surface area contributed by atoms with Gasteiger partial charge in [-0.25, -0.2) is 0 Å². The number of amides is 1. The number of nitrogens with one attached hydrogen (secondary N) is 1. The SMILES string of the molecule is CC(C)(O)CN1CCN(C(=O)c2ccn[nH]2)CC1. The van der Waals surface area contributed by atoms with Crippen LogP contribution >= 0.6 is 0 Å². The number of hydrogen-bond acceptors (Lipinski definition) is 4. The first kappa shape index (κ1) is 13.0. The normalized spacial score (nSPS) is 18.1. The molecule has 2 rings (SSSR count). The lowest BCUT2D eigenvalue weighted by molar-refractivity contribution is 0.0177. The number of rotatable bonds is 3. The van der Waals surface area contributed by atoms with Crippen LogP contribution in [-0.4, -0.2) is 69.3 Å². The molecule has 0 unspecified atom stereocenters. The van der Waals surface area contributed by atoms with Crippen molar-refractivity contribution < 1.29 is 9.90 Å². The fourth-order valence-corrected chi connectivity index (χ4v) is 2.20. The number of carbonyl (C=O) groups is 1. The maximum Gasteiger partial charge on any atom is 0.271 e. The summed E-state index contributed by atoms with van der Waals surface area (Å²) in [4.78, 5) is 16.0. The molecule has 0 atom stereocenters. The van der Waals surface area contributed by atoms with Crippen molar-refractivity contribution in [1.29, 1.82) is 0 Å². The van der Waals surface area contributed by atoms with E-state index in [0.29, 0.717) is 25.3 Å². The molecule has 0 radical (unpaired) electrons. The number of carbonyl (C=O) groups excluding carboxylic acids is 1. The first-order valence-electron chi connectivity index (χ1n) is 6.19. The summed E-state index contributed by atoms with van der Waals surface area (Å²) in [5.74, 6) is -0.00425. The Morgan fingerprint density at radius 1 is 1.44 bits per heavy atom. The second kappa shape index (κ2) is 5.07. The van der Waals surface area contributed by atoms with Crippen LogP contribution in [0.5, 0.6) is 0 Å². The monoisotopic (exact) mass is 252 g/mol. The zero-order chi connectivity index (χ0) is 13.2. The van der Waals surface area contributed by atoms with Gasteiger partial charge in [-0.05, 0) is 19.9 Å². The van der Waals surface area contributed by atoms with Crippen LogP contribution in [0.4, 0.5) is 0 Å². The maximum atomic E-state index is 12.0. The van der Waals surface area contributed by atoms with Crippen LogP contribution in [-0.2, 0) is 0 Å². The van der Waals surface area contributed by atoms with E-state index in [1.807, 2.05) is 4.90 Å². The Balaban J connectivity index is 1.85. The highest BCUT2D eigenvalue weighted by Crippen LogP contribution is 2.10. The van der Waals surface area contributed by atoms with Gasteiger partial charge in [0.1, 0.15) is 5.69 Å². The number of nitrogens with zero attached hydrogens (tertiary/aromatic N) is 3. The highest BCUT2D eigenvalue weighted by atomic mass is 16.3. The van der Waals surface area contributed by atoms with Gasteiger partial charge >= 0.3 is 0 Å². The molecule has 1 aromatic heterocycles. The van der Waals surface area contributed by atoms with Gasteiger partial charge in [0.25, 0.3) is 5.91 Å². The quantitative estimate of drug-likeness (QED) is 0.790. The van der Waals surface area contributed by atoms with E-state index in [1.165, 1.54) is 0 Å². The number of hydrogen-bond donors (Lipinski definition) is 2. The molecule has 0 saturated carbocycles. The van der Waals surface area contributed by atoms with Gasteiger partial charge in [-0.3, -0.25) is 14.8 Å².